The van der Waals surface area contributed by atoms with Gasteiger partial charge in [-0.15, -0.1) is 0 Å². The normalized spacial score (nSPS) is 22.6. The summed E-state index contributed by atoms with van der Waals surface area (Å²) in [6, 6.07) is 2.87. The molecule has 47 heavy (non-hydrogen) atoms. The van der Waals surface area contributed by atoms with Crippen molar-refractivity contribution in [3.8, 4) is 11.5 Å². The van der Waals surface area contributed by atoms with E-state index in [1.54, 1.807) is 6.92 Å². The minimum absolute atomic E-state index is 0.0132. The molecule has 0 spiro atoms. The molecule has 0 aliphatic heterocycles. The Kier molecular flexibility index (Phi) is 14.2. The number of aryl methyl sites for hydroxylation is 1. The summed E-state index contributed by atoms with van der Waals surface area (Å²) in [6.07, 6.45) is 5.74. The minimum Gasteiger partial charge on any atom is -0.422 e. The lowest BCUT2D eigenvalue weighted by Gasteiger charge is -2.36. The highest BCUT2D eigenvalue weighted by Crippen LogP contribution is 2.75. The standard InChI is InChI=1S/C29H50O14P4/c1-11-12-13-14-22-18-25(42-44(32,33)28(5,30)46(36,38-7)39-8)27(24-17-21(4)15-16-23(24)20(2)3)26(19-22)43-45(34,35)29(6,31)47(37,40-9)41-10/h17-19,23-24,30-31H,2,11-16H2,1,3-10H3,(H,32,33)(H,34,35). The Morgan fingerprint density at radius 1 is 0.872 bits per heavy atom. The van der Waals surface area contributed by atoms with E-state index in [0.717, 1.165) is 60.7 Å². The molecule has 18 heteroatoms. The molecule has 1 aliphatic carbocycles. The van der Waals surface area contributed by atoms with Crippen LogP contribution in [0.1, 0.15) is 83.8 Å². The van der Waals surface area contributed by atoms with Crippen molar-refractivity contribution < 1.29 is 65.4 Å². The van der Waals surface area contributed by atoms with Crippen LogP contribution in [0.25, 0.3) is 0 Å². The number of benzene rings is 1. The highest BCUT2D eigenvalue weighted by molar-refractivity contribution is 7.74. The SMILES string of the molecule is C=C(C)C1CCC(C)=CC1c1c(OP(=O)(O)C(C)(O)P(=O)(OC)OC)cc(CCCCC)cc1OP(=O)(O)C(C)(O)P(=O)(OC)OC. The van der Waals surface area contributed by atoms with Crippen LogP contribution in [0.5, 0.6) is 11.5 Å². The Hall–Kier alpha value is -1.10. The highest BCUT2D eigenvalue weighted by atomic mass is 31.2. The van der Waals surface area contributed by atoms with E-state index in [1.807, 2.05) is 19.9 Å². The smallest absolute Gasteiger partial charge is 0.420 e. The number of unbranched alkanes of at least 4 members (excludes halogenated alkanes) is 2. The molecule has 1 aromatic rings. The van der Waals surface area contributed by atoms with Crippen molar-refractivity contribution in [3.63, 3.8) is 0 Å². The molecule has 0 fully saturated rings. The number of rotatable bonds is 18. The minimum atomic E-state index is -5.42. The molecule has 14 nitrogen and oxygen atoms in total. The molecule has 1 aliphatic rings. The van der Waals surface area contributed by atoms with Crippen molar-refractivity contribution in [1.82, 2.24) is 0 Å². The molecule has 6 unspecified atom stereocenters. The summed E-state index contributed by atoms with van der Waals surface area (Å²) in [5, 5.41) is 16.2. The largest absolute Gasteiger partial charge is 0.422 e. The van der Waals surface area contributed by atoms with Crippen LogP contribution >= 0.6 is 30.4 Å². The summed E-state index contributed by atoms with van der Waals surface area (Å²) < 4.78 is 85.0. The molecule has 0 amide bonds. The van der Waals surface area contributed by atoms with Crippen LogP contribution in [0.4, 0.5) is 0 Å². The molecule has 2 rings (SSSR count). The summed E-state index contributed by atoms with van der Waals surface area (Å²) in [4.78, 5) is 22.5. The van der Waals surface area contributed by atoms with E-state index in [4.69, 9.17) is 27.1 Å². The van der Waals surface area contributed by atoms with Crippen molar-refractivity contribution in [3.05, 3.63) is 47.1 Å². The van der Waals surface area contributed by atoms with Crippen LogP contribution in [0.2, 0.25) is 0 Å². The van der Waals surface area contributed by atoms with Gasteiger partial charge in [0.1, 0.15) is 11.5 Å². The second kappa shape index (κ2) is 15.8. The van der Waals surface area contributed by atoms with E-state index in [9.17, 15) is 38.3 Å². The first kappa shape index (κ1) is 42.1. The zero-order chi connectivity index (χ0) is 36.2. The third-order valence-corrected chi connectivity index (χ3v) is 18.5. The molecule has 4 N–H and O–H groups in total. The topological polar surface area (TPSA) is 205 Å². The van der Waals surface area contributed by atoms with Crippen LogP contribution < -0.4 is 9.05 Å². The molecular weight excluding hydrogens is 696 g/mol. The monoisotopic (exact) mass is 746 g/mol. The summed E-state index contributed by atoms with van der Waals surface area (Å²) in [5.41, 5.74) is 2.05. The fourth-order valence-corrected chi connectivity index (χ4v) is 11.9. The van der Waals surface area contributed by atoms with Crippen LogP contribution in [-0.4, -0.2) is 58.6 Å². The first-order valence-corrected chi connectivity index (χ1v) is 21.2. The zero-order valence-electron chi connectivity index (χ0n) is 28.5. The van der Waals surface area contributed by atoms with Crippen LogP contribution in [0.3, 0.4) is 0 Å². The third kappa shape index (κ3) is 8.45. The average Bonchev–Trinajstić information content (AvgIpc) is 2.99. The predicted octanol–water partition coefficient (Wildman–Crippen LogP) is 7.87. The Balaban J connectivity index is 3.05. The number of hydrogen-bond donors (Lipinski definition) is 4. The van der Waals surface area contributed by atoms with Gasteiger partial charge in [0, 0.05) is 39.9 Å². The highest BCUT2D eigenvalue weighted by Gasteiger charge is 2.62. The lowest BCUT2D eigenvalue weighted by molar-refractivity contribution is 0.130. The van der Waals surface area contributed by atoms with Gasteiger partial charge in [-0.05, 0) is 77.0 Å². The van der Waals surface area contributed by atoms with Gasteiger partial charge in [-0.1, -0.05) is 43.6 Å². The van der Waals surface area contributed by atoms with Gasteiger partial charge in [0.25, 0.3) is 10.2 Å². The molecule has 0 aromatic heterocycles. The number of aliphatic hydroxyl groups is 2. The van der Waals surface area contributed by atoms with E-state index in [1.165, 1.54) is 12.1 Å². The van der Waals surface area contributed by atoms with Crippen LogP contribution in [0, 0.1) is 5.92 Å². The van der Waals surface area contributed by atoms with E-state index in [-0.39, 0.29) is 23.0 Å². The van der Waals surface area contributed by atoms with Gasteiger partial charge >= 0.3 is 30.4 Å². The molecule has 0 saturated heterocycles. The summed E-state index contributed by atoms with van der Waals surface area (Å²) in [6.45, 7) is 11.3. The van der Waals surface area contributed by atoms with Crippen molar-refractivity contribution in [2.24, 2.45) is 5.92 Å². The quantitative estimate of drug-likeness (QED) is 0.0641. The zero-order valence-corrected chi connectivity index (χ0v) is 32.1. The Morgan fingerprint density at radius 3 is 1.66 bits per heavy atom. The van der Waals surface area contributed by atoms with Gasteiger partial charge in [0.05, 0.1) is 0 Å². The van der Waals surface area contributed by atoms with Gasteiger partial charge in [-0.3, -0.25) is 9.13 Å². The second-order valence-electron chi connectivity index (χ2n) is 11.9. The Morgan fingerprint density at radius 2 is 1.30 bits per heavy atom. The van der Waals surface area contributed by atoms with Crippen molar-refractivity contribution >= 4 is 30.4 Å². The van der Waals surface area contributed by atoms with E-state index in [2.05, 4.69) is 6.58 Å². The molecule has 270 valence electrons. The molecule has 0 radical (unpaired) electrons. The molecule has 0 heterocycles. The molecule has 1 aromatic carbocycles. The lowest BCUT2D eigenvalue weighted by Crippen LogP contribution is -2.29. The van der Waals surface area contributed by atoms with Crippen molar-refractivity contribution in [1.29, 1.82) is 0 Å². The fraction of sp³-hybridized carbons (Fsp3) is 0.655. The van der Waals surface area contributed by atoms with E-state index >= 15 is 0 Å². The Labute approximate surface area is 277 Å². The molecule has 0 bridgehead atoms. The van der Waals surface area contributed by atoms with Crippen LogP contribution in [-0.2, 0) is 42.8 Å². The first-order chi connectivity index (χ1) is 21.5. The maximum absolute atomic E-state index is 13.9. The summed E-state index contributed by atoms with van der Waals surface area (Å²) in [7, 11) is -16.5. The lowest BCUT2D eigenvalue weighted by atomic mass is 9.73. The van der Waals surface area contributed by atoms with Crippen molar-refractivity contribution in [2.75, 3.05) is 28.4 Å². The molecule has 0 saturated carbocycles. The summed E-state index contributed by atoms with van der Waals surface area (Å²) in [5.74, 6) is -1.76. The number of hydrogen-bond acceptors (Lipinski definition) is 12. The summed E-state index contributed by atoms with van der Waals surface area (Å²) >= 11 is 0. The predicted molar refractivity (Wildman–Crippen MR) is 179 cm³/mol. The fourth-order valence-electron chi connectivity index (χ4n) is 5.35. The number of allylic oxidation sites excluding steroid dienone is 3. The third-order valence-electron chi connectivity index (χ3n) is 8.46. The van der Waals surface area contributed by atoms with Gasteiger partial charge in [0.15, 0.2) is 0 Å². The van der Waals surface area contributed by atoms with Gasteiger partial charge < -0.3 is 47.1 Å². The first-order valence-electron chi connectivity index (χ1n) is 15.0. The molecule has 6 atom stereocenters. The van der Waals surface area contributed by atoms with Gasteiger partial charge in [0.2, 0.25) is 0 Å². The van der Waals surface area contributed by atoms with Gasteiger partial charge in [-0.2, -0.15) is 0 Å². The van der Waals surface area contributed by atoms with Crippen molar-refractivity contribution in [2.45, 2.75) is 89.2 Å². The maximum Gasteiger partial charge on any atom is 0.420 e. The second-order valence-corrected chi connectivity index (χ2v) is 22.0. The Bertz CT molecular complexity index is 1420. The van der Waals surface area contributed by atoms with Gasteiger partial charge in [-0.25, -0.2) is 9.13 Å². The van der Waals surface area contributed by atoms with E-state index < -0.39 is 46.5 Å². The van der Waals surface area contributed by atoms with Crippen LogP contribution in [0.15, 0.2) is 35.9 Å². The molecular formula is C29H50O14P4. The maximum atomic E-state index is 13.9. The average molecular weight is 747 g/mol. The van der Waals surface area contributed by atoms with E-state index in [0.29, 0.717) is 36.8 Å².